The highest BCUT2D eigenvalue weighted by atomic mass is 16.7. The van der Waals surface area contributed by atoms with Crippen LogP contribution in [0, 0.1) is 0 Å². The second-order valence-electron chi connectivity index (χ2n) is 6.65. The summed E-state index contributed by atoms with van der Waals surface area (Å²) >= 11 is 0. The minimum atomic E-state index is -1.56. The fourth-order valence-electron chi connectivity index (χ4n) is 2.43. The lowest BCUT2D eigenvalue weighted by molar-refractivity contribution is 0.00578. The van der Waals surface area contributed by atoms with Crippen LogP contribution in [0.15, 0.2) is 30.3 Å². The second-order valence-corrected chi connectivity index (χ2v) is 6.65. The SMILES string of the molecule is CC1(C)OB(c2ccc3nc(B(O)O)ccc3c2)OC1(C)C. The Morgan fingerprint density at radius 3 is 2.23 bits per heavy atom. The van der Waals surface area contributed by atoms with Gasteiger partial charge in [-0.25, -0.2) is 0 Å². The lowest BCUT2D eigenvalue weighted by Crippen LogP contribution is -2.41. The molecular formula is C15H19B2NO4. The Bertz CT molecular complexity index is 702. The average molecular weight is 299 g/mol. The van der Waals surface area contributed by atoms with Crippen molar-refractivity contribution >= 4 is 36.2 Å². The van der Waals surface area contributed by atoms with Crippen LogP contribution in [-0.4, -0.2) is 40.5 Å². The van der Waals surface area contributed by atoms with E-state index in [4.69, 9.17) is 9.31 Å². The number of rotatable bonds is 2. The van der Waals surface area contributed by atoms with E-state index in [0.29, 0.717) is 5.52 Å². The molecule has 114 valence electrons. The van der Waals surface area contributed by atoms with Crippen LogP contribution in [-0.2, 0) is 9.31 Å². The third-order valence-electron chi connectivity index (χ3n) is 4.52. The molecule has 5 nitrogen and oxygen atoms in total. The first-order chi connectivity index (χ1) is 10.2. The summed E-state index contributed by atoms with van der Waals surface area (Å²) in [6.07, 6.45) is 0. The number of pyridine rings is 1. The summed E-state index contributed by atoms with van der Waals surface area (Å²) in [7, 11) is -1.98. The van der Waals surface area contributed by atoms with Crippen molar-refractivity contribution < 1.29 is 19.4 Å². The van der Waals surface area contributed by atoms with Gasteiger partial charge in [-0.05, 0) is 50.7 Å². The molecule has 22 heavy (non-hydrogen) atoms. The molecule has 1 aromatic heterocycles. The molecule has 7 heteroatoms. The van der Waals surface area contributed by atoms with Crippen LogP contribution in [0.3, 0.4) is 0 Å². The van der Waals surface area contributed by atoms with Gasteiger partial charge in [0.25, 0.3) is 0 Å². The van der Waals surface area contributed by atoms with Crippen molar-refractivity contribution in [3.63, 3.8) is 0 Å². The van der Waals surface area contributed by atoms with Gasteiger partial charge in [0.2, 0.25) is 0 Å². The number of aromatic nitrogens is 1. The standard InChI is InChI=1S/C15H19B2NO4/c1-14(2)15(3,4)22-17(21-14)11-6-7-12-10(9-11)5-8-13(18-12)16(19)20/h5-9,19-20H,1-4H3. The normalized spacial score (nSPS) is 19.6. The number of nitrogens with zero attached hydrogens (tertiary/aromatic N) is 1. The van der Waals surface area contributed by atoms with Crippen LogP contribution >= 0.6 is 0 Å². The minimum Gasteiger partial charge on any atom is -0.422 e. The zero-order valence-electron chi connectivity index (χ0n) is 13.2. The van der Waals surface area contributed by atoms with E-state index in [-0.39, 0.29) is 16.8 Å². The largest absolute Gasteiger partial charge is 0.508 e. The van der Waals surface area contributed by atoms with Crippen molar-refractivity contribution in [3.05, 3.63) is 30.3 Å². The monoisotopic (exact) mass is 299 g/mol. The molecule has 0 atom stereocenters. The Labute approximate surface area is 130 Å². The van der Waals surface area contributed by atoms with Gasteiger partial charge in [-0.3, -0.25) is 4.98 Å². The number of fused-ring (bicyclic) bond motifs is 1. The molecule has 0 spiro atoms. The molecule has 0 radical (unpaired) electrons. The lowest BCUT2D eigenvalue weighted by Gasteiger charge is -2.32. The fraction of sp³-hybridized carbons (Fsp3) is 0.400. The lowest BCUT2D eigenvalue weighted by atomic mass is 9.78. The number of benzene rings is 1. The Morgan fingerprint density at radius 2 is 1.64 bits per heavy atom. The number of hydrogen-bond acceptors (Lipinski definition) is 5. The van der Waals surface area contributed by atoms with E-state index in [1.54, 1.807) is 6.07 Å². The average Bonchev–Trinajstić information content (AvgIpc) is 2.66. The fourth-order valence-corrected chi connectivity index (χ4v) is 2.43. The predicted octanol–water partition coefficient (Wildman–Crippen LogP) is 0.214. The van der Waals surface area contributed by atoms with Crippen molar-refractivity contribution in [1.82, 2.24) is 4.98 Å². The van der Waals surface area contributed by atoms with E-state index in [1.807, 2.05) is 52.0 Å². The summed E-state index contributed by atoms with van der Waals surface area (Å²) in [5.41, 5.74) is 1.10. The van der Waals surface area contributed by atoms with E-state index in [9.17, 15) is 10.0 Å². The summed E-state index contributed by atoms with van der Waals surface area (Å²) < 4.78 is 12.1. The third-order valence-corrected chi connectivity index (χ3v) is 4.52. The molecule has 0 unspecified atom stereocenters. The van der Waals surface area contributed by atoms with Gasteiger partial charge < -0.3 is 19.4 Å². The summed E-state index contributed by atoms with van der Waals surface area (Å²) in [5, 5.41) is 19.3. The van der Waals surface area contributed by atoms with Crippen molar-refractivity contribution in [2.24, 2.45) is 0 Å². The van der Waals surface area contributed by atoms with E-state index in [1.165, 1.54) is 0 Å². The molecule has 1 fully saturated rings. The highest BCUT2D eigenvalue weighted by Gasteiger charge is 2.51. The van der Waals surface area contributed by atoms with Gasteiger partial charge in [0.15, 0.2) is 0 Å². The minimum absolute atomic E-state index is 0.232. The maximum Gasteiger partial charge on any atom is 0.508 e. The molecule has 1 saturated heterocycles. The van der Waals surface area contributed by atoms with Crippen molar-refractivity contribution in [2.75, 3.05) is 0 Å². The van der Waals surface area contributed by atoms with Gasteiger partial charge in [0.1, 0.15) is 0 Å². The first-order valence-electron chi connectivity index (χ1n) is 7.32. The molecule has 0 aliphatic carbocycles. The Balaban J connectivity index is 1.95. The molecule has 2 heterocycles. The van der Waals surface area contributed by atoms with Crippen LogP contribution in [0.25, 0.3) is 10.9 Å². The first kappa shape index (κ1) is 15.5. The van der Waals surface area contributed by atoms with Crippen LogP contribution in [0.1, 0.15) is 27.7 Å². The summed E-state index contributed by atoms with van der Waals surface area (Å²) in [5.74, 6) is 0. The molecule has 1 aliphatic heterocycles. The van der Waals surface area contributed by atoms with E-state index < -0.39 is 14.2 Å². The van der Waals surface area contributed by atoms with Gasteiger partial charge in [-0.15, -0.1) is 0 Å². The zero-order chi connectivity index (χ0) is 16.1. The Kier molecular flexibility index (Phi) is 3.56. The van der Waals surface area contributed by atoms with Gasteiger partial charge >= 0.3 is 14.2 Å². The quantitative estimate of drug-likeness (QED) is 0.776. The summed E-state index contributed by atoms with van der Waals surface area (Å²) in [4.78, 5) is 4.22. The third kappa shape index (κ3) is 2.54. The Hall–Kier alpha value is -1.40. The molecule has 2 aromatic rings. The van der Waals surface area contributed by atoms with Crippen molar-refractivity contribution in [3.8, 4) is 0 Å². The molecule has 0 amide bonds. The Morgan fingerprint density at radius 1 is 1.00 bits per heavy atom. The van der Waals surface area contributed by atoms with Gasteiger partial charge in [-0.1, -0.05) is 18.2 Å². The molecule has 1 aliphatic rings. The zero-order valence-corrected chi connectivity index (χ0v) is 13.2. The topological polar surface area (TPSA) is 71.8 Å². The van der Waals surface area contributed by atoms with Gasteiger partial charge in [-0.2, -0.15) is 0 Å². The van der Waals surface area contributed by atoms with Crippen LogP contribution in [0.4, 0.5) is 0 Å². The molecule has 0 saturated carbocycles. The molecular weight excluding hydrogens is 280 g/mol. The van der Waals surface area contributed by atoms with E-state index in [0.717, 1.165) is 10.8 Å². The van der Waals surface area contributed by atoms with Gasteiger partial charge in [0, 0.05) is 0 Å². The van der Waals surface area contributed by atoms with Crippen molar-refractivity contribution in [2.45, 2.75) is 38.9 Å². The van der Waals surface area contributed by atoms with E-state index in [2.05, 4.69) is 4.98 Å². The summed E-state index contributed by atoms with van der Waals surface area (Å²) in [6, 6.07) is 9.09. The molecule has 0 bridgehead atoms. The highest BCUT2D eigenvalue weighted by Crippen LogP contribution is 2.36. The molecule has 2 N–H and O–H groups in total. The van der Waals surface area contributed by atoms with Crippen molar-refractivity contribution in [1.29, 1.82) is 0 Å². The van der Waals surface area contributed by atoms with E-state index >= 15 is 0 Å². The first-order valence-corrected chi connectivity index (χ1v) is 7.32. The number of hydrogen-bond donors (Lipinski definition) is 2. The van der Waals surface area contributed by atoms with Crippen LogP contribution in [0.5, 0.6) is 0 Å². The van der Waals surface area contributed by atoms with Gasteiger partial charge in [0.05, 0.1) is 22.3 Å². The molecule has 1 aromatic carbocycles. The second kappa shape index (κ2) is 5.06. The molecule has 3 rings (SSSR count). The van der Waals surface area contributed by atoms with Crippen LogP contribution in [0.2, 0.25) is 0 Å². The maximum atomic E-state index is 9.18. The smallest absolute Gasteiger partial charge is 0.422 e. The van der Waals surface area contributed by atoms with Crippen LogP contribution < -0.4 is 11.1 Å². The summed E-state index contributed by atoms with van der Waals surface area (Å²) in [6.45, 7) is 8.07. The maximum absolute atomic E-state index is 9.18. The predicted molar refractivity (Wildman–Crippen MR) is 87.3 cm³/mol. The highest BCUT2D eigenvalue weighted by molar-refractivity contribution is 6.62.